The van der Waals surface area contributed by atoms with Gasteiger partial charge in [-0.05, 0) is 48.5 Å². The van der Waals surface area contributed by atoms with Gasteiger partial charge in [-0.2, -0.15) is 0 Å². The molecule has 0 bridgehead atoms. The van der Waals surface area contributed by atoms with Gasteiger partial charge < -0.3 is 10.1 Å². The van der Waals surface area contributed by atoms with Crippen LogP contribution in [0.4, 0.5) is 15.8 Å². The smallest absolute Gasteiger partial charge is 0.356 e. The zero-order chi connectivity index (χ0) is 16.4. The number of carbonyl (C=O) groups excluding carboxylic acids is 1. The molecule has 0 aliphatic rings. The summed E-state index contributed by atoms with van der Waals surface area (Å²) in [6.45, 7) is 0. The highest BCUT2D eigenvalue weighted by molar-refractivity contribution is 6.30. The lowest BCUT2D eigenvalue weighted by Crippen LogP contribution is -2.06. The third kappa shape index (κ3) is 3.24. The van der Waals surface area contributed by atoms with Crippen molar-refractivity contribution in [3.05, 3.63) is 65.1 Å². The summed E-state index contributed by atoms with van der Waals surface area (Å²) in [5.41, 5.74) is 1.94. The van der Waals surface area contributed by atoms with Crippen molar-refractivity contribution in [3.8, 4) is 0 Å². The van der Waals surface area contributed by atoms with E-state index >= 15 is 0 Å². The van der Waals surface area contributed by atoms with Crippen LogP contribution in [0.15, 0.2) is 48.5 Å². The number of carbonyl (C=O) groups is 1. The number of benzene rings is 2. The van der Waals surface area contributed by atoms with Crippen LogP contribution in [0.5, 0.6) is 0 Å². The Labute approximate surface area is 136 Å². The summed E-state index contributed by atoms with van der Waals surface area (Å²) in [5.74, 6) is -0.945. The van der Waals surface area contributed by atoms with E-state index in [1.807, 2.05) is 0 Å². The highest BCUT2D eigenvalue weighted by atomic mass is 35.5. The lowest BCUT2D eigenvalue weighted by molar-refractivity contribution is 0.0594. The number of methoxy groups -OCH3 is 1. The zero-order valence-corrected chi connectivity index (χ0v) is 12.9. The highest BCUT2D eigenvalue weighted by Gasteiger charge is 2.13. The second-order valence-electron chi connectivity index (χ2n) is 4.84. The minimum Gasteiger partial charge on any atom is -0.464 e. The first-order valence-electron chi connectivity index (χ1n) is 6.78. The molecule has 0 amide bonds. The van der Waals surface area contributed by atoms with Gasteiger partial charge in [0.1, 0.15) is 5.82 Å². The first-order chi connectivity index (χ1) is 11.1. The fraction of sp³-hybridized carbons (Fsp3) is 0.0588. The number of aromatic nitrogens is 1. The predicted molar refractivity (Wildman–Crippen MR) is 87.8 cm³/mol. The van der Waals surface area contributed by atoms with E-state index in [9.17, 15) is 9.18 Å². The summed E-state index contributed by atoms with van der Waals surface area (Å²) in [5, 5.41) is 4.32. The summed E-state index contributed by atoms with van der Waals surface area (Å²) in [6.07, 6.45) is 0. The Morgan fingerprint density at radius 1 is 1.17 bits per heavy atom. The topological polar surface area (TPSA) is 51.2 Å². The van der Waals surface area contributed by atoms with E-state index in [-0.39, 0.29) is 11.5 Å². The molecule has 1 aromatic heterocycles. The largest absolute Gasteiger partial charge is 0.464 e. The zero-order valence-electron chi connectivity index (χ0n) is 12.1. The molecule has 1 N–H and O–H groups in total. The molecule has 0 fully saturated rings. The molecule has 4 nitrogen and oxygen atoms in total. The molecule has 2 aromatic carbocycles. The molecule has 0 spiro atoms. The van der Waals surface area contributed by atoms with Gasteiger partial charge in [-0.15, -0.1) is 0 Å². The van der Waals surface area contributed by atoms with Crippen LogP contribution in [0, 0.1) is 5.82 Å². The monoisotopic (exact) mass is 330 g/mol. The average Bonchev–Trinajstić information content (AvgIpc) is 2.56. The molecule has 0 radical (unpaired) electrons. The van der Waals surface area contributed by atoms with Gasteiger partial charge in [-0.1, -0.05) is 11.6 Å². The summed E-state index contributed by atoms with van der Waals surface area (Å²) >= 11 is 5.87. The second-order valence-corrected chi connectivity index (χ2v) is 5.28. The second kappa shape index (κ2) is 6.22. The number of hydrogen-bond donors (Lipinski definition) is 1. The molecule has 1 heterocycles. The number of hydrogen-bond acceptors (Lipinski definition) is 4. The van der Waals surface area contributed by atoms with Gasteiger partial charge in [0.15, 0.2) is 5.69 Å². The Hall–Kier alpha value is -2.66. The van der Waals surface area contributed by atoms with Crippen molar-refractivity contribution in [2.75, 3.05) is 12.4 Å². The Morgan fingerprint density at radius 3 is 2.61 bits per heavy atom. The fourth-order valence-corrected chi connectivity index (χ4v) is 2.33. The van der Waals surface area contributed by atoms with E-state index in [1.165, 1.54) is 31.4 Å². The predicted octanol–water partition coefficient (Wildman–Crippen LogP) is 4.56. The van der Waals surface area contributed by atoms with Gasteiger partial charge in [-0.25, -0.2) is 14.2 Å². The number of anilines is 2. The number of halogens is 2. The van der Waals surface area contributed by atoms with Crippen molar-refractivity contribution in [2.24, 2.45) is 0 Å². The van der Waals surface area contributed by atoms with Crippen LogP contribution in [-0.4, -0.2) is 18.1 Å². The first-order valence-corrected chi connectivity index (χ1v) is 7.16. The molecule has 0 unspecified atom stereocenters. The molecule has 3 aromatic rings. The van der Waals surface area contributed by atoms with Crippen LogP contribution in [-0.2, 0) is 4.74 Å². The van der Waals surface area contributed by atoms with Gasteiger partial charge in [-0.3, -0.25) is 0 Å². The molecule has 0 aliphatic heterocycles. The van der Waals surface area contributed by atoms with E-state index in [0.29, 0.717) is 21.6 Å². The maximum Gasteiger partial charge on any atom is 0.356 e. The van der Waals surface area contributed by atoms with Crippen molar-refractivity contribution in [1.82, 2.24) is 4.98 Å². The van der Waals surface area contributed by atoms with E-state index in [2.05, 4.69) is 10.3 Å². The van der Waals surface area contributed by atoms with Gasteiger partial charge in [0, 0.05) is 16.1 Å². The molecule has 116 valence electrons. The van der Waals surface area contributed by atoms with E-state index < -0.39 is 5.97 Å². The maximum atomic E-state index is 13.6. The minimum absolute atomic E-state index is 0.142. The Kier molecular flexibility index (Phi) is 4.12. The Bertz CT molecular complexity index is 882. The molecule has 0 atom stereocenters. The minimum atomic E-state index is -0.560. The van der Waals surface area contributed by atoms with Crippen LogP contribution < -0.4 is 5.32 Å². The van der Waals surface area contributed by atoms with Gasteiger partial charge in [0.05, 0.1) is 18.3 Å². The highest BCUT2D eigenvalue weighted by Crippen LogP contribution is 2.28. The quantitative estimate of drug-likeness (QED) is 0.715. The number of ether oxygens (including phenoxy) is 1. The summed E-state index contributed by atoms with van der Waals surface area (Å²) in [7, 11) is 1.28. The van der Waals surface area contributed by atoms with E-state index in [1.54, 1.807) is 24.3 Å². The van der Waals surface area contributed by atoms with Crippen LogP contribution >= 0.6 is 11.6 Å². The summed E-state index contributed by atoms with van der Waals surface area (Å²) < 4.78 is 18.3. The summed E-state index contributed by atoms with van der Waals surface area (Å²) in [6, 6.07) is 12.7. The van der Waals surface area contributed by atoms with Crippen molar-refractivity contribution >= 4 is 39.8 Å². The van der Waals surface area contributed by atoms with Crippen molar-refractivity contribution in [1.29, 1.82) is 0 Å². The molecular weight excluding hydrogens is 319 g/mol. The molecule has 0 saturated heterocycles. The van der Waals surface area contributed by atoms with Crippen LogP contribution in [0.25, 0.3) is 10.9 Å². The Balaban J connectivity index is 2.13. The SMILES string of the molecule is COC(=O)c1cc(Nc2ccc(Cl)cc2)c2cc(F)ccc2n1. The van der Waals surface area contributed by atoms with Crippen LogP contribution in [0.2, 0.25) is 5.02 Å². The molecule has 0 aliphatic carbocycles. The summed E-state index contributed by atoms with van der Waals surface area (Å²) in [4.78, 5) is 16.0. The number of pyridine rings is 1. The molecule has 3 rings (SSSR count). The van der Waals surface area contributed by atoms with E-state index in [4.69, 9.17) is 16.3 Å². The van der Waals surface area contributed by atoms with Gasteiger partial charge in [0.25, 0.3) is 0 Å². The first kappa shape index (κ1) is 15.2. The number of esters is 1. The van der Waals surface area contributed by atoms with Crippen LogP contribution in [0.3, 0.4) is 0 Å². The van der Waals surface area contributed by atoms with Crippen molar-refractivity contribution < 1.29 is 13.9 Å². The maximum absolute atomic E-state index is 13.6. The number of nitrogens with one attached hydrogen (secondary N) is 1. The molecule has 6 heteroatoms. The van der Waals surface area contributed by atoms with Gasteiger partial charge >= 0.3 is 5.97 Å². The number of fused-ring (bicyclic) bond motifs is 1. The van der Waals surface area contributed by atoms with Crippen LogP contribution in [0.1, 0.15) is 10.5 Å². The molecule has 0 saturated carbocycles. The van der Waals surface area contributed by atoms with Crippen molar-refractivity contribution in [2.45, 2.75) is 0 Å². The lowest BCUT2D eigenvalue weighted by atomic mass is 10.1. The number of nitrogens with zero attached hydrogens (tertiary/aromatic N) is 1. The molecule has 23 heavy (non-hydrogen) atoms. The Morgan fingerprint density at radius 2 is 1.91 bits per heavy atom. The normalized spacial score (nSPS) is 10.6. The lowest BCUT2D eigenvalue weighted by Gasteiger charge is -2.11. The number of rotatable bonds is 3. The van der Waals surface area contributed by atoms with Gasteiger partial charge in [0.2, 0.25) is 0 Å². The third-order valence-corrected chi connectivity index (χ3v) is 3.54. The molecular formula is C17H12ClFN2O2. The van der Waals surface area contributed by atoms with Crippen molar-refractivity contribution in [3.63, 3.8) is 0 Å². The third-order valence-electron chi connectivity index (χ3n) is 3.29. The average molecular weight is 331 g/mol. The van der Waals surface area contributed by atoms with E-state index in [0.717, 1.165) is 5.69 Å². The standard InChI is InChI=1S/C17H12ClFN2O2/c1-23-17(22)16-9-15(20-12-5-2-10(18)3-6-12)13-8-11(19)4-7-14(13)21-16/h2-9H,1H3,(H,20,21). The fourth-order valence-electron chi connectivity index (χ4n) is 2.20.